The Morgan fingerprint density at radius 3 is 2.24 bits per heavy atom. The molecule has 7 nitrogen and oxygen atoms in total. The molecule has 0 unspecified atom stereocenters. The minimum Gasteiger partial charge on any atom is -0.354 e. The lowest BCUT2D eigenvalue weighted by atomic mass is 10.1. The van der Waals surface area contributed by atoms with Crippen molar-refractivity contribution in [2.45, 2.75) is 44.2 Å². The van der Waals surface area contributed by atoms with Crippen molar-refractivity contribution in [1.29, 1.82) is 0 Å². The fraction of sp³-hybridized carbons (Fsp3) is 0.286. The summed E-state index contributed by atoms with van der Waals surface area (Å²) in [5.41, 5.74) is 0.426. The summed E-state index contributed by atoms with van der Waals surface area (Å²) in [6.07, 6.45) is 1.66. The van der Waals surface area contributed by atoms with E-state index in [1.54, 1.807) is 49.4 Å². The van der Waals surface area contributed by atoms with Gasteiger partial charge in [-0.3, -0.25) is 13.9 Å². The first kappa shape index (κ1) is 29.1. The summed E-state index contributed by atoms with van der Waals surface area (Å²) in [5, 5.41) is 3.33. The quantitative estimate of drug-likeness (QED) is 0.316. The Bertz CT molecular complexity index is 1340. The summed E-state index contributed by atoms with van der Waals surface area (Å²) in [5.74, 6) is -1.83. The maximum atomic E-state index is 14.9. The molecule has 3 aromatic rings. The number of amides is 2. The normalized spacial score (nSPS) is 12.0. The van der Waals surface area contributed by atoms with Gasteiger partial charge in [0.2, 0.25) is 11.8 Å². The minimum atomic E-state index is -4.32. The summed E-state index contributed by atoms with van der Waals surface area (Å²) in [7, 11) is -4.32. The van der Waals surface area contributed by atoms with Gasteiger partial charge in [-0.1, -0.05) is 67.4 Å². The van der Waals surface area contributed by atoms with E-state index in [-0.39, 0.29) is 23.0 Å². The van der Waals surface area contributed by atoms with Crippen LogP contribution in [0.15, 0.2) is 83.8 Å². The number of anilines is 1. The van der Waals surface area contributed by atoms with Gasteiger partial charge in [-0.2, -0.15) is 0 Å². The molecule has 0 aliphatic rings. The monoisotopic (exact) mass is 559 g/mol. The Kier molecular flexibility index (Phi) is 10.3. The van der Waals surface area contributed by atoms with Crippen LogP contribution in [0.3, 0.4) is 0 Å². The van der Waals surface area contributed by atoms with E-state index in [0.717, 1.165) is 23.2 Å². The molecule has 0 saturated carbocycles. The molecule has 38 heavy (non-hydrogen) atoms. The van der Waals surface area contributed by atoms with Crippen molar-refractivity contribution in [1.82, 2.24) is 10.2 Å². The lowest BCUT2D eigenvalue weighted by Crippen LogP contribution is -2.51. The van der Waals surface area contributed by atoms with Crippen LogP contribution < -0.4 is 9.62 Å². The first-order valence-electron chi connectivity index (χ1n) is 12.3. The summed E-state index contributed by atoms with van der Waals surface area (Å²) in [6, 6.07) is 18.7. The number of hydrogen-bond acceptors (Lipinski definition) is 4. The number of sulfonamides is 1. The van der Waals surface area contributed by atoms with E-state index in [2.05, 4.69) is 5.32 Å². The van der Waals surface area contributed by atoms with Crippen LogP contribution in [0.25, 0.3) is 0 Å². The van der Waals surface area contributed by atoms with Gasteiger partial charge in [0, 0.05) is 18.1 Å². The number of unbranched alkanes of at least 4 members (excludes halogenated alkanes) is 1. The zero-order valence-corrected chi connectivity index (χ0v) is 22.9. The van der Waals surface area contributed by atoms with Crippen molar-refractivity contribution in [3.8, 4) is 0 Å². The number of halogens is 2. The lowest BCUT2D eigenvalue weighted by molar-refractivity contribution is -0.139. The molecule has 202 valence electrons. The van der Waals surface area contributed by atoms with Crippen molar-refractivity contribution in [2.24, 2.45) is 0 Å². The van der Waals surface area contributed by atoms with Crippen LogP contribution in [0.5, 0.6) is 0 Å². The number of nitrogens with zero attached hydrogens (tertiary/aromatic N) is 2. The van der Waals surface area contributed by atoms with Gasteiger partial charge in [-0.15, -0.1) is 0 Å². The third kappa shape index (κ3) is 7.33. The van der Waals surface area contributed by atoms with Gasteiger partial charge >= 0.3 is 0 Å². The summed E-state index contributed by atoms with van der Waals surface area (Å²) < 4.78 is 42.8. The average Bonchev–Trinajstić information content (AvgIpc) is 2.92. The van der Waals surface area contributed by atoms with Gasteiger partial charge in [0.1, 0.15) is 18.4 Å². The molecule has 0 aliphatic carbocycles. The topological polar surface area (TPSA) is 86.8 Å². The van der Waals surface area contributed by atoms with Gasteiger partial charge in [0.05, 0.1) is 10.6 Å². The third-order valence-corrected chi connectivity index (χ3v) is 8.02. The second-order valence-corrected chi connectivity index (χ2v) is 11.0. The SMILES string of the molecule is CCCCNC(=O)[C@@H](C)N(Cc1ccc(Cl)cc1)C(=O)CN(c1ccccc1F)S(=O)(=O)c1ccccc1. The minimum absolute atomic E-state index is 0.0227. The predicted molar refractivity (Wildman–Crippen MR) is 147 cm³/mol. The zero-order chi connectivity index (χ0) is 27.7. The van der Waals surface area contributed by atoms with E-state index in [9.17, 15) is 22.4 Å². The number of carbonyl (C=O) groups excluding carboxylic acids is 2. The number of nitrogens with one attached hydrogen (secondary N) is 1. The second-order valence-electron chi connectivity index (χ2n) is 8.74. The molecule has 2 amide bonds. The molecular formula is C28H31ClFN3O4S. The largest absolute Gasteiger partial charge is 0.354 e. The highest BCUT2D eigenvalue weighted by atomic mass is 35.5. The Morgan fingerprint density at radius 1 is 0.974 bits per heavy atom. The summed E-state index contributed by atoms with van der Waals surface area (Å²) in [6.45, 7) is 3.34. The van der Waals surface area contributed by atoms with E-state index >= 15 is 0 Å². The highest BCUT2D eigenvalue weighted by molar-refractivity contribution is 7.92. The predicted octanol–water partition coefficient (Wildman–Crippen LogP) is 5.01. The van der Waals surface area contributed by atoms with Crippen molar-refractivity contribution in [3.05, 3.63) is 95.3 Å². The molecular weight excluding hydrogens is 529 g/mol. The molecule has 0 bridgehead atoms. The second kappa shape index (κ2) is 13.4. The van der Waals surface area contributed by atoms with Crippen molar-refractivity contribution < 1.29 is 22.4 Å². The first-order valence-corrected chi connectivity index (χ1v) is 14.1. The van der Waals surface area contributed by atoms with E-state index in [4.69, 9.17) is 11.6 Å². The van der Waals surface area contributed by atoms with E-state index < -0.39 is 34.3 Å². The maximum Gasteiger partial charge on any atom is 0.264 e. The molecule has 0 fully saturated rings. The average molecular weight is 560 g/mol. The van der Waals surface area contributed by atoms with Gasteiger partial charge in [0.15, 0.2) is 0 Å². The van der Waals surface area contributed by atoms with Crippen molar-refractivity contribution >= 4 is 39.1 Å². The van der Waals surface area contributed by atoms with E-state index in [1.165, 1.54) is 35.2 Å². The van der Waals surface area contributed by atoms with E-state index in [0.29, 0.717) is 17.1 Å². The maximum absolute atomic E-state index is 14.9. The van der Waals surface area contributed by atoms with Gasteiger partial charge in [-0.25, -0.2) is 12.8 Å². The van der Waals surface area contributed by atoms with Crippen LogP contribution in [0.2, 0.25) is 5.02 Å². The number of hydrogen-bond donors (Lipinski definition) is 1. The smallest absolute Gasteiger partial charge is 0.264 e. The highest BCUT2D eigenvalue weighted by Crippen LogP contribution is 2.27. The zero-order valence-electron chi connectivity index (χ0n) is 21.3. The Morgan fingerprint density at radius 2 is 1.61 bits per heavy atom. The van der Waals surface area contributed by atoms with Crippen LogP contribution in [0.4, 0.5) is 10.1 Å². The Labute approximate surface area is 228 Å². The first-order chi connectivity index (χ1) is 18.1. The fourth-order valence-electron chi connectivity index (χ4n) is 3.79. The summed E-state index contributed by atoms with van der Waals surface area (Å²) in [4.78, 5) is 27.9. The molecule has 0 saturated heterocycles. The number of benzene rings is 3. The van der Waals surface area contributed by atoms with Gasteiger partial charge in [-0.05, 0) is 55.3 Å². The number of carbonyl (C=O) groups is 2. The Balaban J connectivity index is 1.99. The number of rotatable bonds is 12. The molecule has 0 aromatic heterocycles. The highest BCUT2D eigenvalue weighted by Gasteiger charge is 2.33. The van der Waals surface area contributed by atoms with Crippen LogP contribution in [0.1, 0.15) is 32.3 Å². The van der Waals surface area contributed by atoms with Gasteiger partial charge < -0.3 is 10.2 Å². The molecule has 3 rings (SSSR count). The molecule has 1 N–H and O–H groups in total. The third-order valence-electron chi connectivity index (χ3n) is 5.99. The lowest BCUT2D eigenvalue weighted by Gasteiger charge is -2.32. The van der Waals surface area contributed by atoms with Gasteiger partial charge in [0.25, 0.3) is 10.0 Å². The molecule has 0 spiro atoms. The number of para-hydroxylation sites is 1. The molecule has 0 heterocycles. The Hall–Kier alpha value is -3.43. The van der Waals surface area contributed by atoms with Crippen molar-refractivity contribution in [3.63, 3.8) is 0 Å². The van der Waals surface area contributed by atoms with Crippen molar-refractivity contribution in [2.75, 3.05) is 17.4 Å². The standard InChI is InChI=1S/C28H31ClFN3O4S/c1-3-4-18-31-28(35)21(2)32(19-22-14-16-23(29)17-15-22)27(34)20-33(26-13-9-8-12-25(26)30)38(36,37)24-10-6-5-7-11-24/h5-17,21H,3-4,18-20H2,1-2H3,(H,31,35)/t21-/m1/s1. The molecule has 3 aromatic carbocycles. The van der Waals surface area contributed by atoms with E-state index in [1.807, 2.05) is 6.92 Å². The summed E-state index contributed by atoms with van der Waals surface area (Å²) >= 11 is 6.00. The van der Waals surface area contributed by atoms with Crippen LogP contribution in [-0.4, -0.2) is 44.3 Å². The fourth-order valence-corrected chi connectivity index (χ4v) is 5.36. The molecule has 10 heteroatoms. The molecule has 0 radical (unpaired) electrons. The van der Waals surface area contributed by atoms with Crippen LogP contribution in [-0.2, 0) is 26.2 Å². The van der Waals surface area contributed by atoms with Crippen LogP contribution in [0, 0.1) is 5.82 Å². The van der Waals surface area contributed by atoms with Crippen LogP contribution >= 0.6 is 11.6 Å². The molecule has 0 aliphatic heterocycles. The molecule has 1 atom stereocenters.